The van der Waals surface area contributed by atoms with Crippen LogP contribution in [0.2, 0.25) is 0 Å². The minimum absolute atomic E-state index is 0.397. The Labute approximate surface area is 84.7 Å². The fourth-order valence-corrected chi connectivity index (χ4v) is 1.46. The first-order valence-corrected chi connectivity index (χ1v) is 5.06. The molecule has 0 aromatic carbocycles. The van der Waals surface area contributed by atoms with Crippen LogP contribution in [0.1, 0.15) is 19.3 Å². The van der Waals surface area contributed by atoms with Crippen molar-refractivity contribution in [1.29, 1.82) is 0 Å². The second-order valence-electron chi connectivity index (χ2n) is 2.85. The average molecular weight is 276 g/mol. The van der Waals surface area contributed by atoms with Crippen LogP contribution in [-0.2, 0) is 0 Å². The fourth-order valence-electron chi connectivity index (χ4n) is 1.03. The SMILES string of the molecule is Ic1cncnc1OC1CCC1. The van der Waals surface area contributed by atoms with Gasteiger partial charge in [0, 0.05) is 6.20 Å². The predicted molar refractivity (Wildman–Crippen MR) is 53.0 cm³/mol. The van der Waals surface area contributed by atoms with E-state index in [9.17, 15) is 0 Å². The highest BCUT2D eigenvalue weighted by Crippen LogP contribution is 2.25. The first kappa shape index (κ1) is 8.22. The maximum atomic E-state index is 5.62. The molecule has 12 heavy (non-hydrogen) atoms. The summed E-state index contributed by atoms with van der Waals surface area (Å²) in [6.07, 6.45) is 7.30. The van der Waals surface area contributed by atoms with Crippen LogP contribution in [0.5, 0.6) is 5.88 Å². The lowest BCUT2D eigenvalue weighted by Gasteiger charge is -2.25. The molecule has 4 heteroatoms. The topological polar surface area (TPSA) is 35.0 Å². The van der Waals surface area contributed by atoms with Crippen molar-refractivity contribution in [2.75, 3.05) is 0 Å². The van der Waals surface area contributed by atoms with Crippen LogP contribution in [0, 0.1) is 3.57 Å². The monoisotopic (exact) mass is 276 g/mol. The van der Waals surface area contributed by atoms with Gasteiger partial charge in [0.2, 0.25) is 5.88 Å². The van der Waals surface area contributed by atoms with Crippen molar-refractivity contribution in [3.63, 3.8) is 0 Å². The molecule has 1 aromatic heterocycles. The minimum atomic E-state index is 0.397. The molecule has 1 fully saturated rings. The molecule has 0 unspecified atom stereocenters. The van der Waals surface area contributed by atoms with Crippen LogP contribution in [0.15, 0.2) is 12.5 Å². The molecule has 3 nitrogen and oxygen atoms in total. The Kier molecular flexibility index (Phi) is 2.43. The van der Waals surface area contributed by atoms with E-state index < -0.39 is 0 Å². The molecule has 1 saturated carbocycles. The van der Waals surface area contributed by atoms with E-state index in [0.29, 0.717) is 6.10 Å². The molecule has 1 aliphatic carbocycles. The third-order valence-corrected chi connectivity index (χ3v) is 2.70. The summed E-state index contributed by atoms with van der Waals surface area (Å²) in [5.74, 6) is 0.732. The minimum Gasteiger partial charge on any atom is -0.474 e. The summed E-state index contributed by atoms with van der Waals surface area (Å²) in [7, 11) is 0. The van der Waals surface area contributed by atoms with Gasteiger partial charge in [-0.15, -0.1) is 0 Å². The van der Waals surface area contributed by atoms with E-state index in [4.69, 9.17) is 4.74 Å². The van der Waals surface area contributed by atoms with E-state index in [1.54, 1.807) is 6.20 Å². The summed E-state index contributed by atoms with van der Waals surface area (Å²) in [5.41, 5.74) is 0. The molecule has 0 aliphatic heterocycles. The Morgan fingerprint density at radius 1 is 1.50 bits per heavy atom. The van der Waals surface area contributed by atoms with E-state index in [0.717, 1.165) is 9.45 Å². The maximum Gasteiger partial charge on any atom is 0.230 e. The quantitative estimate of drug-likeness (QED) is 0.775. The summed E-state index contributed by atoms with van der Waals surface area (Å²) in [5, 5.41) is 0. The van der Waals surface area contributed by atoms with E-state index in [1.165, 1.54) is 25.6 Å². The molecule has 0 amide bonds. The largest absolute Gasteiger partial charge is 0.474 e. The van der Waals surface area contributed by atoms with Gasteiger partial charge in [-0.05, 0) is 41.9 Å². The van der Waals surface area contributed by atoms with Crippen LogP contribution < -0.4 is 4.74 Å². The average Bonchev–Trinajstić information content (AvgIpc) is 2.00. The molecule has 0 N–H and O–H groups in total. The molecule has 1 heterocycles. The molecular weight excluding hydrogens is 267 g/mol. The van der Waals surface area contributed by atoms with Gasteiger partial charge in [0.15, 0.2) is 0 Å². The van der Waals surface area contributed by atoms with Gasteiger partial charge in [0.25, 0.3) is 0 Å². The Morgan fingerprint density at radius 3 is 2.92 bits per heavy atom. The maximum absolute atomic E-state index is 5.62. The zero-order valence-corrected chi connectivity index (χ0v) is 8.69. The molecule has 0 saturated heterocycles. The van der Waals surface area contributed by atoms with Gasteiger partial charge in [0.1, 0.15) is 12.4 Å². The summed E-state index contributed by atoms with van der Waals surface area (Å²) in [6, 6.07) is 0. The van der Waals surface area contributed by atoms with E-state index in [1.807, 2.05) is 0 Å². The van der Waals surface area contributed by atoms with Crippen molar-refractivity contribution in [2.24, 2.45) is 0 Å². The van der Waals surface area contributed by atoms with Crippen molar-refractivity contribution in [3.8, 4) is 5.88 Å². The highest BCUT2D eigenvalue weighted by molar-refractivity contribution is 14.1. The predicted octanol–water partition coefficient (Wildman–Crippen LogP) is 2.01. The van der Waals surface area contributed by atoms with Crippen LogP contribution in [0.25, 0.3) is 0 Å². The number of rotatable bonds is 2. The highest BCUT2D eigenvalue weighted by atomic mass is 127. The van der Waals surface area contributed by atoms with Crippen molar-refractivity contribution in [2.45, 2.75) is 25.4 Å². The summed E-state index contributed by atoms with van der Waals surface area (Å²) in [4.78, 5) is 7.96. The lowest BCUT2D eigenvalue weighted by molar-refractivity contribution is 0.113. The summed E-state index contributed by atoms with van der Waals surface area (Å²) >= 11 is 2.18. The number of halogens is 1. The summed E-state index contributed by atoms with van der Waals surface area (Å²) in [6.45, 7) is 0. The van der Waals surface area contributed by atoms with Gasteiger partial charge in [-0.25, -0.2) is 9.97 Å². The molecule has 64 valence electrons. The van der Waals surface area contributed by atoms with Gasteiger partial charge < -0.3 is 4.74 Å². The third-order valence-electron chi connectivity index (χ3n) is 1.96. The molecule has 0 bridgehead atoms. The smallest absolute Gasteiger partial charge is 0.230 e. The first-order valence-electron chi connectivity index (χ1n) is 3.98. The number of aromatic nitrogens is 2. The van der Waals surface area contributed by atoms with E-state index in [2.05, 4.69) is 32.6 Å². The second-order valence-corrected chi connectivity index (χ2v) is 4.01. The molecule has 0 atom stereocenters. The number of hydrogen-bond acceptors (Lipinski definition) is 3. The molecule has 1 aromatic rings. The van der Waals surface area contributed by atoms with E-state index in [-0.39, 0.29) is 0 Å². The van der Waals surface area contributed by atoms with Gasteiger partial charge in [-0.2, -0.15) is 0 Å². The Morgan fingerprint density at radius 2 is 2.33 bits per heavy atom. The molecular formula is C8H9IN2O. The standard InChI is InChI=1S/C8H9IN2O/c9-7-4-10-5-11-8(7)12-6-2-1-3-6/h4-6H,1-3H2. The van der Waals surface area contributed by atoms with Crippen LogP contribution in [0.4, 0.5) is 0 Å². The Bertz CT molecular complexity index is 276. The molecule has 0 spiro atoms. The zero-order chi connectivity index (χ0) is 8.39. The van der Waals surface area contributed by atoms with Crippen LogP contribution >= 0.6 is 22.6 Å². The van der Waals surface area contributed by atoms with Gasteiger partial charge in [-0.3, -0.25) is 0 Å². The number of hydrogen-bond donors (Lipinski definition) is 0. The normalized spacial score (nSPS) is 17.1. The van der Waals surface area contributed by atoms with Crippen molar-refractivity contribution >= 4 is 22.6 Å². The van der Waals surface area contributed by atoms with E-state index >= 15 is 0 Å². The van der Waals surface area contributed by atoms with Crippen molar-refractivity contribution in [3.05, 3.63) is 16.1 Å². The van der Waals surface area contributed by atoms with Gasteiger partial charge >= 0.3 is 0 Å². The first-order chi connectivity index (χ1) is 5.86. The van der Waals surface area contributed by atoms with Crippen molar-refractivity contribution < 1.29 is 4.74 Å². The lowest BCUT2D eigenvalue weighted by atomic mass is 9.96. The Hall–Kier alpha value is -0.390. The zero-order valence-electron chi connectivity index (χ0n) is 6.53. The highest BCUT2D eigenvalue weighted by Gasteiger charge is 2.20. The fraction of sp³-hybridized carbons (Fsp3) is 0.500. The molecule has 2 rings (SSSR count). The van der Waals surface area contributed by atoms with Crippen LogP contribution in [0.3, 0.4) is 0 Å². The second kappa shape index (κ2) is 3.55. The number of ether oxygens (including phenoxy) is 1. The lowest BCUT2D eigenvalue weighted by Crippen LogP contribution is -2.25. The molecule has 0 radical (unpaired) electrons. The molecule has 1 aliphatic rings. The van der Waals surface area contributed by atoms with Crippen molar-refractivity contribution in [1.82, 2.24) is 9.97 Å². The van der Waals surface area contributed by atoms with Gasteiger partial charge in [-0.1, -0.05) is 0 Å². The van der Waals surface area contributed by atoms with Crippen LogP contribution in [-0.4, -0.2) is 16.1 Å². The Balaban J connectivity index is 2.06. The van der Waals surface area contributed by atoms with Gasteiger partial charge in [0.05, 0.1) is 3.57 Å². The summed E-state index contributed by atoms with van der Waals surface area (Å²) < 4.78 is 6.61. The number of nitrogens with zero attached hydrogens (tertiary/aromatic N) is 2. The third kappa shape index (κ3) is 1.68.